The van der Waals surface area contributed by atoms with Crippen LogP contribution in [0.15, 0.2) is 36.4 Å². The van der Waals surface area contributed by atoms with Crippen LogP contribution < -0.4 is 10.2 Å². The quantitative estimate of drug-likeness (QED) is 0.412. The SMILES string of the molecule is COCCNC(=O)COC(=O)c1cc(-c2ccccc2)nc2nc(N3CCCCC3)sc12. The van der Waals surface area contributed by atoms with E-state index in [0.717, 1.165) is 36.6 Å². The zero-order valence-corrected chi connectivity index (χ0v) is 18.8. The van der Waals surface area contributed by atoms with Gasteiger partial charge in [0, 0.05) is 32.3 Å². The van der Waals surface area contributed by atoms with Crippen LogP contribution in [0.5, 0.6) is 0 Å². The number of rotatable bonds is 8. The highest BCUT2D eigenvalue weighted by Crippen LogP contribution is 2.34. The number of carbonyl (C=O) groups is 2. The number of carbonyl (C=O) groups excluding carboxylic acids is 2. The number of amides is 1. The van der Waals surface area contributed by atoms with E-state index < -0.39 is 5.97 Å². The predicted octanol–water partition coefficient (Wildman–Crippen LogP) is 3.27. The van der Waals surface area contributed by atoms with E-state index in [4.69, 9.17) is 19.4 Å². The summed E-state index contributed by atoms with van der Waals surface area (Å²) in [7, 11) is 1.55. The van der Waals surface area contributed by atoms with Crippen LogP contribution >= 0.6 is 11.3 Å². The molecule has 0 radical (unpaired) electrons. The number of hydrogen-bond acceptors (Lipinski definition) is 8. The first kappa shape index (κ1) is 22.2. The van der Waals surface area contributed by atoms with E-state index in [0.29, 0.717) is 34.8 Å². The standard InChI is InChI=1S/C23H26N4O4S/c1-30-13-10-24-19(28)15-31-22(29)17-14-18(16-8-4-2-5-9-16)25-21-20(17)32-23(26-21)27-11-6-3-7-12-27/h2,4-5,8-9,14H,3,6-7,10-13,15H2,1H3,(H,24,28). The molecule has 3 aromatic rings. The van der Waals surface area contributed by atoms with Crippen LogP contribution in [0.4, 0.5) is 5.13 Å². The zero-order valence-electron chi connectivity index (χ0n) is 18.0. The van der Waals surface area contributed by atoms with Crippen LogP contribution in [0.3, 0.4) is 0 Å². The summed E-state index contributed by atoms with van der Waals surface area (Å²) >= 11 is 1.45. The second-order valence-electron chi connectivity index (χ2n) is 7.54. The normalized spacial score (nSPS) is 13.8. The molecule has 0 saturated carbocycles. The van der Waals surface area contributed by atoms with Crippen LogP contribution in [-0.4, -0.2) is 61.8 Å². The van der Waals surface area contributed by atoms with E-state index in [9.17, 15) is 9.59 Å². The molecule has 1 aliphatic heterocycles. The third-order valence-electron chi connectivity index (χ3n) is 5.23. The summed E-state index contributed by atoms with van der Waals surface area (Å²) in [6.45, 7) is 2.30. The molecule has 1 N–H and O–H groups in total. The summed E-state index contributed by atoms with van der Waals surface area (Å²) in [6, 6.07) is 11.4. The lowest BCUT2D eigenvalue weighted by Crippen LogP contribution is -2.31. The van der Waals surface area contributed by atoms with Crippen molar-refractivity contribution in [2.24, 2.45) is 0 Å². The molecule has 0 bridgehead atoms. The molecular weight excluding hydrogens is 428 g/mol. The van der Waals surface area contributed by atoms with E-state index in [1.807, 2.05) is 30.3 Å². The molecule has 8 nitrogen and oxygen atoms in total. The van der Waals surface area contributed by atoms with Gasteiger partial charge >= 0.3 is 5.97 Å². The molecule has 1 fully saturated rings. The molecule has 0 aliphatic carbocycles. The molecule has 0 spiro atoms. The maximum absolute atomic E-state index is 13.0. The van der Waals surface area contributed by atoms with Gasteiger partial charge in [-0.05, 0) is 25.3 Å². The monoisotopic (exact) mass is 454 g/mol. The van der Waals surface area contributed by atoms with Gasteiger partial charge in [-0.2, -0.15) is 4.98 Å². The number of ether oxygens (including phenoxy) is 2. The van der Waals surface area contributed by atoms with Gasteiger partial charge in [0.1, 0.15) is 0 Å². The van der Waals surface area contributed by atoms with Crippen LogP contribution in [0.25, 0.3) is 21.6 Å². The topological polar surface area (TPSA) is 93.6 Å². The Bertz CT molecular complexity index is 1080. The minimum Gasteiger partial charge on any atom is -0.452 e. The molecule has 1 saturated heterocycles. The lowest BCUT2D eigenvalue weighted by atomic mass is 10.1. The molecule has 0 unspecified atom stereocenters. The lowest BCUT2D eigenvalue weighted by Gasteiger charge is -2.25. The van der Waals surface area contributed by atoms with Crippen molar-refractivity contribution in [2.45, 2.75) is 19.3 Å². The summed E-state index contributed by atoms with van der Waals surface area (Å²) in [4.78, 5) is 36.6. The van der Waals surface area contributed by atoms with Crippen LogP contribution in [0.2, 0.25) is 0 Å². The fraction of sp³-hybridized carbons (Fsp3) is 0.391. The third-order valence-corrected chi connectivity index (χ3v) is 6.37. The molecule has 0 atom stereocenters. The number of anilines is 1. The van der Waals surface area contributed by atoms with Gasteiger partial charge in [0.15, 0.2) is 17.4 Å². The average Bonchev–Trinajstić information content (AvgIpc) is 3.27. The molecule has 3 heterocycles. The Labute approximate surface area is 190 Å². The van der Waals surface area contributed by atoms with Crippen LogP contribution in [0.1, 0.15) is 29.6 Å². The van der Waals surface area contributed by atoms with E-state index in [1.165, 1.54) is 17.8 Å². The number of methoxy groups -OCH3 is 1. The number of pyridine rings is 1. The summed E-state index contributed by atoms with van der Waals surface area (Å²) in [5.74, 6) is -0.937. The Morgan fingerprint density at radius 3 is 2.66 bits per heavy atom. The van der Waals surface area contributed by atoms with Gasteiger partial charge in [0.2, 0.25) is 0 Å². The third kappa shape index (κ3) is 5.23. The molecule has 1 amide bonds. The number of aromatic nitrogens is 2. The van der Waals surface area contributed by atoms with Crippen LogP contribution in [0, 0.1) is 0 Å². The molecule has 32 heavy (non-hydrogen) atoms. The maximum Gasteiger partial charge on any atom is 0.340 e. The zero-order chi connectivity index (χ0) is 22.3. The molecule has 1 aliphatic rings. The minimum atomic E-state index is -0.565. The fourth-order valence-electron chi connectivity index (χ4n) is 3.58. The highest BCUT2D eigenvalue weighted by molar-refractivity contribution is 7.22. The second-order valence-corrected chi connectivity index (χ2v) is 8.51. The van der Waals surface area contributed by atoms with Crippen molar-refractivity contribution in [1.82, 2.24) is 15.3 Å². The number of fused-ring (bicyclic) bond motifs is 1. The molecular formula is C23H26N4O4S. The van der Waals surface area contributed by atoms with Crippen molar-refractivity contribution in [3.8, 4) is 11.3 Å². The summed E-state index contributed by atoms with van der Waals surface area (Å²) < 4.78 is 10.9. The number of piperidine rings is 1. The first-order chi connectivity index (χ1) is 15.7. The first-order valence-electron chi connectivity index (χ1n) is 10.7. The van der Waals surface area contributed by atoms with Gasteiger partial charge in [-0.15, -0.1) is 0 Å². The Morgan fingerprint density at radius 1 is 1.12 bits per heavy atom. The first-order valence-corrected chi connectivity index (χ1v) is 11.5. The molecule has 4 rings (SSSR count). The van der Waals surface area contributed by atoms with Gasteiger partial charge in [0.25, 0.3) is 5.91 Å². The second kappa shape index (κ2) is 10.5. The van der Waals surface area contributed by atoms with Gasteiger partial charge in [0.05, 0.1) is 22.6 Å². The summed E-state index contributed by atoms with van der Waals surface area (Å²) in [6.07, 6.45) is 3.49. The number of thiazole rings is 1. The minimum absolute atomic E-state index is 0.356. The molecule has 2 aromatic heterocycles. The van der Waals surface area contributed by atoms with E-state index >= 15 is 0 Å². The van der Waals surface area contributed by atoms with Crippen molar-refractivity contribution in [3.05, 3.63) is 42.0 Å². The smallest absolute Gasteiger partial charge is 0.340 e. The highest BCUT2D eigenvalue weighted by Gasteiger charge is 2.22. The fourth-order valence-corrected chi connectivity index (χ4v) is 4.64. The van der Waals surface area contributed by atoms with E-state index in [-0.39, 0.29) is 12.5 Å². The lowest BCUT2D eigenvalue weighted by molar-refractivity contribution is -0.124. The number of nitrogens with one attached hydrogen (secondary N) is 1. The van der Waals surface area contributed by atoms with E-state index in [1.54, 1.807) is 13.2 Å². The van der Waals surface area contributed by atoms with Crippen LogP contribution in [-0.2, 0) is 14.3 Å². The van der Waals surface area contributed by atoms with Crippen molar-refractivity contribution < 1.29 is 19.1 Å². The largest absolute Gasteiger partial charge is 0.452 e. The number of benzene rings is 1. The van der Waals surface area contributed by atoms with Crippen molar-refractivity contribution in [1.29, 1.82) is 0 Å². The van der Waals surface area contributed by atoms with Crippen molar-refractivity contribution >= 4 is 38.7 Å². The highest BCUT2D eigenvalue weighted by atomic mass is 32.1. The van der Waals surface area contributed by atoms with Gasteiger partial charge < -0.3 is 19.7 Å². The van der Waals surface area contributed by atoms with Crippen molar-refractivity contribution in [2.75, 3.05) is 44.9 Å². The molecule has 1 aromatic carbocycles. The van der Waals surface area contributed by atoms with E-state index in [2.05, 4.69) is 10.2 Å². The van der Waals surface area contributed by atoms with Gasteiger partial charge in [-0.1, -0.05) is 41.7 Å². The average molecular weight is 455 g/mol. The Balaban J connectivity index is 1.63. The number of esters is 1. The Morgan fingerprint density at radius 2 is 1.91 bits per heavy atom. The van der Waals surface area contributed by atoms with Gasteiger partial charge in [-0.25, -0.2) is 9.78 Å². The Hall–Kier alpha value is -3.04. The predicted molar refractivity (Wildman–Crippen MR) is 124 cm³/mol. The molecule has 9 heteroatoms. The summed E-state index contributed by atoms with van der Waals surface area (Å²) in [5, 5.41) is 3.51. The molecule has 168 valence electrons. The maximum atomic E-state index is 13.0. The Kier molecular flexibility index (Phi) is 7.28. The number of hydrogen-bond donors (Lipinski definition) is 1. The number of nitrogens with zero attached hydrogens (tertiary/aromatic N) is 3. The van der Waals surface area contributed by atoms with Gasteiger partial charge in [-0.3, -0.25) is 4.79 Å². The van der Waals surface area contributed by atoms with Crippen molar-refractivity contribution in [3.63, 3.8) is 0 Å². The summed E-state index contributed by atoms with van der Waals surface area (Å²) in [5.41, 5.74) is 2.42.